The van der Waals surface area contributed by atoms with Gasteiger partial charge in [-0.3, -0.25) is 4.79 Å². The van der Waals surface area contributed by atoms with Crippen LogP contribution in [0.25, 0.3) is 22.3 Å². The van der Waals surface area contributed by atoms with Crippen LogP contribution >= 0.6 is 0 Å². The first-order valence-electron chi connectivity index (χ1n) is 6.53. The van der Waals surface area contributed by atoms with Crippen LogP contribution < -0.4 is 11.4 Å². The van der Waals surface area contributed by atoms with Gasteiger partial charge < -0.3 is 5.84 Å². The molecule has 0 radical (unpaired) electrons. The number of fused-ring (bicyclic) bond motifs is 1. The monoisotopic (exact) mass is 341 g/mol. The Morgan fingerprint density at radius 2 is 1.67 bits per heavy atom. The van der Waals surface area contributed by atoms with Gasteiger partial charge in [0.05, 0.1) is 16.5 Å². The van der Waals surface area contributed by atoms with Crippen molar-refractivity contribution >= 4 is 10.9 Å². The Balaban J connectivity index is 2.39. The van der Waals surface area contributed by atoms with Gasteiger partial charge in [0.15, 0.2) is 17.5 Å². The second-order valence-electron chi connectivity index (χ2n) is 4.94. The molecule has 3 aromatic rings. The van der Waals surface area contributed by atoms with Gasteiger partial charge >= 0.3 is 6.18 Å². The van der Waals surface area contributed by atoms with Crippen LogP contribution in [0, 0.1) is 11.6 Å². The number of benzene rings is 2. The summed E-state index contributed by atoms with van der Waals surface area (Å²) in [5.74, 6) is 2.47. The SMILES string of the molecule is Nn1c(-c2ccccc2C(F)(F)F)nc2cc(F)c(F)cc2c1=O. The summed E-state index contributed by atoms with van der Waals surface area (Å²) in [6.07, 6.45) is -4.71. The molecule has 124 valence electrons. The summed E-state index contributed by atoms with van der Waals surface area (Å²) in [4.78, 5) is 16.0. The Bertz CT molecular complexity index is 1010. The van der Waals surface area contributed by atoms with Crippen LogP contribution in [0.1, 0.15) is 5.56 Å². The molecule has 2 aromatic carbocycles. The summed E-state index contributed by atoms with van der Waals surface area (Å²) in [5.41, 5.74) is -2.80. The number of halogens is 5. The van der Waals surface area contributed by atoms with Crippen molar-refractivity contribution in [1.29, 1.82) is 0 Å². The summed E-state index contributed by atoms with van der Waals surface area (Å²) in [7, 11) is 0. The topological polar surface area (TPSA) is 60.9 Å². The lowest BCUT2D eigenvalue weighted by molar-refractivity contribution is -0.137. The molecule has 1 heterocycles. The van der Waals surface area contributed by atoms with Crippen molar-refractivity contribution < 1.29 is 22.0 Å². The third-order valence-electron chi connectivity index (χ3n) is 3.42. The molecule has 0 amide bonds. The van der Waals surface area contributed by atoms with E-state index in [0.717, 1.165) is 12.1 Å². The zero-order chi connectivity index (χ0) is 17.6. The highest BCUT2D eigenvalue weighted by atomic mass is 19.4. The summed E-state index contributed by atoms with van der Waals surface area (Å²) in [6.45, 7) is 0. The zero-order valence-corrected chi connectivity index (χ0v) is 11.7. The lowest BCUT2D eigenvalue weighted by Crippen LogP contribution is -2.30. The molecule has 9 heteroatoms. The number of hydrogen-bond acceptors (Lipinski definition) is 3. The summed E-state index contributed by atoms with van der Waals surface area (Å²) >= 11 is 0. The molecule has 2 N–H and O–H groups in total. The van der Waals surface area contributed by atoms with Crippen LogP contribution in [0.4, 0.5) is 22.0 Å². The summed E-state index contributed by atoms with van der Waals surface area (Å²) < 4.78 is 66.4. The molecule has 0 bridgehead atoms. The first kappa shape index (κ1) is 15.9. The first-order chi connectivity index (χ1) is 11.2. The van der Waals surface area contributed by atoms with Crippen molar-refractivity contribution in [2.24, 2.45) is 0 Å². The van der Waals surface area contributed by atoms with Gasteiger partial charge in [-0.2, -0.15) is 13.2 Å². The molecule has 0 atom stereocenters. The highest BCUT2D eigenvalue weighted by Crippen LogP contribution is 2.36. The predicted octanol–water partition coefficient (Wildman–Crippen LogP) is 3.07. The Kier molecular flexibility index (Phi) is 3.51. The Morgan fingerprint density at radius 3 is 2.33 bits per heavy atom. The van der Waals surface area contributed by atoms with E-state index in [-0.39, 0.29) is 10.9 Å². The highest BCUT2D eigenvalue weighted by Gasteiger charge is 2.34. The Hall–Kier alpha value is -2.97. The third kappa shape index (κ3) is 2.47. The minimum absolute atomic E-state index is 0.299. The fraction of sp³-hybridized carbons (Fsp3) is 0.0667. The molecule has 1 aromatic heterocycles. The molecule has 0 aliphatic rings. The number of aromatic nitrogens is 2. The van der Waals surface area contributed by atoms with Gasteiger partial charge in [-0.05, 0) is 12.1 Å². The van der Waals surface area contributed by atoms with E-state index in [0.29, 0.717) is 16.8 Å². The fourth-order valence-electron chi connectivity index (χ4n) is 2.31. The lowest BCUT2D eigenvalue weighted by atomic mass is 10.1. The number of alkyl halides is 3. The van der Waals surface area contributed by atoms with Gasteiger partial charge in [0.1, 0.15) is 0 Å². The maximum atomic E-state index is 13.3. The van der Waals surface area contributed by atoms with Crippen LogP contribution in [0.3, 0.4) is 0 Å². The van der Waals surface area contributed by atoms with Crippen LogP contribution in [-0.2, 0) is 6.18 Å². The Labute approximate surface area is 130 Å². The largest absolute Gasteiger partial charge is 0.417 e. The molecule has 0 fully saturated rings. The average Bonchev–Trinajstić information content (AvgIpc) is 2.52. The average molecular weight is 341 g/mol. The predicted molar refractivity (Wildman–Crippen MR) is 76.5 cm³/mol. The molecular weight excluding hydrogens is 333 g/mol. The lowest BCUT2D eigenvalue weighted by Gasteiger charge is -2.14. The van der Waals surface area contributed by atoms with Gasteiger partial charge in [0.25, 0.3) is 5.56 Å². The fourth-order valence-corrected chi connectivity index (χ4v) is 2.31. The van der Waals surface area contributed by atoms with E-state index in [4.69, 9.17) is 5.84 Å². The summed E-state index contributed by atoms with van der Waals surface area (Å²) in [6, 6.07) is 5.60. The van der Waals surface area contributed by atoms with E-state index in [1.807, 2.05) is 0 Å². The molecule has 0 spiro atoms. The number of rotatable bonds is 1. The van der Waals surface area contributed by atoms with E-state index in [9.17, 15) is 26.7 Å². The Morgan fingerprint density at radius 1 is 1.04 bits per heavy atom. The normalized spacial score (nSPS) is 11.9. The van der Waals surface area contributed by atoms with E-state index in [2.05, 4.69) is 4.98 Å². The van der Waals surface area contributed by atoms with Gasteiger partial charge in [-0.25, -0.2) is 18.4 Å². The van der Waals surface area contributed by atoms with Crippen molar-refractivity contribution in [1.82, 2.24) is 9.66 Å². The summed E-state index contributed by atoms with van der Waals surface area (Å²) in [5, 5.41) is -0.343. The molecule has 0 aliphatic heterocycles. The van der Waals surface area contributed by atoms with Crippen molar-refractivity contribution in [2.75, 3.05) is 5.84 Å². The van der Waals surface area contributed by atoms with Crippen molar-refractivity contribution in [2.45, 2.75) is 6.18 Å². The van der Waals surface area contributed by atoms with Crippen molar-refractivity contribution in [3.63, 3.8) is 0 Å². The van der Waals surface area contributed by atoms with Gasteiger partial charge in [0.2, 0.25) is 0 Å². The van der Waals surface area contributed by atoms with Crippen molar-refractivity contribution in [3.05, 3.63) is 63.9 Å². The molecule has 0 saturated carbocycles. The number of hydrogen-bond donors (Lipinski definition) is 1. The maximum Gasteiger partial charge on any atom is 0.417 e. The minimum Gasteiger partial charge on any atom is -0.334 e. The molecule has 0 unspecified atom stereocenters. The number of nitrogen functional groups attached to an aromatic ring is 1. The zero-order valence-electron chi connectivity index (χ0n) is 11.7. The van der Waals surface area contributed by atoms with Crippen LogP contribution in [0.15, 0.2) is 41.2 Å². The second kappa shape index (κ2) is 5.29. The van der Waals surface area contributed by atoms with Gasteiger partial charge in [-0.1, -0.05) is 18.2 Å². The quantitative estimate of drug-likeness (QED) is 0.547. The number of nitrogens with zero attached hydrogens (tertiary/aromatic N) is 2. The van der Waals surface area contributed by atoms with E-state index in [1.54, 1.807) is 0 Å². The van der Waals surface area contributed by atoms with Crippen molar-refractivity contribution in [3.8, 4) is 11.4 Å². The molecule has 24 heavy (non-hydrogen) atoms. The van der Waals surface area contributed by atoms with E-state index < -0.39 is 40.3 Å². The second-order valence-corrected chi connectivity index (χ2v) is 4.94. The standard InChI is InChI=1S/C15H8F5N3O/c16-10-5-8-12(6-11(10)17)22-13(23(21)14(8)24)7-3-1-2-4-9(7)15(18,19)20/h1-6H,21H2. The van der Waals surface area contributed by atoms with E-state index >= 15 is 0 Å². The minimum atomic E-state index is -4.71. The van der Waals surface area contributed by atoms with Crippen LogP contribution in [-0.4, -0.2) is 9.66 Å². The molecular formula is C15H8F5N3O. The maximum absolute atomic E-state index is 13.3. The molecule has 3 rings (SSSR count). The molecule has 0 saturated heterocycles. The molecule has 4 nitrogen and oxygen atoms in total. The van der Waals surface area contributed by atoms with Gasteiger partial charge in [-0.15, -0.1) is 0 Å². The van der Waals surface area contributed by atoms with E-state index in [1.165, 1.54) is 12.1 Å². The smallest absolute Gasteiger partial charge is 0.334 e. The van der Waals surface area contributed by atoms with Crippen LogP contribution in [0.5, 0.6) is 0 Å². The third-order valence-corrected chi connectivity index (χ3v) is 3.42. The van der Waals surface area contributed by atoms with Gasteiger partial charge in [0, 0.05) is 11.6 Å². The number of nitrogens with two attached hydrogens (primary N) is 1. The van der Waals surface area contributed by atoms with Crippen LogP contribution in [0.2, 0.25) is 0 Å². The molecule has 0 aliphatic carbocycles. The first-order valence-corrected chi connectivity index (χ1v) is 6.53. The highest BCUT2D eigenvalue weighted by molar-refractivity contribution is 5.80.